The van der Waals surface area contributed by atoms with Crippen molar-refractivity contribution in [2.45, 2.75) is 6.42 Å². The number of pyridine rings is 1. The fourth-order valence-corrected chi connectivity index (χ4v) is 2.11. The number of aromatic amines is 1. The second-order valence-electron chi connectivity index (χ2n) is 3.99. The molecule has 0 saturated heterocycles. The van der Waals surface area contributed by atoms with E-state index in [4.69, 9.17) is 11.6 Å². The summed E-state index contributed by atoms with van der Waals surface area (Å²) >= 11 is 5.97. The molecule has 0 unspecified atom stereocenters. The van der Waals surface area contributed by atoms with Gasteiger partial charge in [-0.3, -0.25) is 4.68 Å². The zero-order chi connectivity index (χ0) is 11.8. The number of hydrogen-bond donors (Lipinski definition) is 1. The van der Waals surface area contributed by atoms with E-state index in [1.165, 1.54) is 5.56 Å². The lowest BCUT2D eigenvalue weighted by molar-refractivity contribution is 0.725. The van der Waals surface area contributed by atoms with E-state index in [0.29, 0.717) is 5.02 Å². The Morgan fingerprint density at radius 2 is 2.35 bits per heavy atom. The van der Waals surface area contributed by atoms with Gasteiger partial charge < -0.3 is 4.98 Å². The van der Waals surface area contributed by atoms with Crippen molar-refractivity contribution in [2.24, 2.45) is 7.05 Å². The second-order valence-corrected chi connectivity index (χ2v) is 4.42. The first-order valence-electron chi connectivity index (χ1n) is 5.32. The molecule has 0 bridgehead atoms. The number of fused-ring (bicyclic) bond motifs is 1. The molecule has 4 nitrogen and oxygen atoms in total. The fraction of sp³-hybridized carbons (Fsp3) is 0.167. The minimum Gasteiger partial charge on any atom is -0.346 e. The van der Waals surface area contributed by atoms with Gasteiger partial charge in [0.15, 0.2) is 0 Å². The van der Waals surface area contributed by atoms with Crippen LogP contribution in [0.1, 0.15) is 11.3 Å². The summed E-state index contributed by atoms with van der Waals surface area (Å²) in [6, 6.07) is 3.95. The van der Waals surface area contributed by atoms with Crippen molar-refractivity contribution in [1.82, 2.24) is 19.7 Å². The van der Waals surface area contributed by atoms with E-state index in [2.05, 4.69) is 15.1 Å². The Kier molecular flexibility index (Phi) is 2.37. The highest BCUT2D eigenvalue weighted by Gasteiger charge is 2.08. The van der Waals surface area contributed by atoms with E-state index < -0.39 is 0 Å². The van der Waals surface area contributed by atoms with Crippen molar-refractivity contribution in [2.75, 3.05) is 0 Å². The van der Waals surface area contributed by atoms with Gasteiger partial charge in [0.05, 0.1) is 5.02 Å². The van der Waals surface area contributed by atoms with Crippen LogP contribution in [0.5, 0.6) is 0 Å². The smallest absolute Gasteiger partial charge is 0.137 e. The largest absolute Gasteiger partial charge is 0.346 e. The molecule has 1 N–H and O–H groups in total. The van der Waals surface area contributed by atoms with Crippen LogP contribution in [0.25, 0.3) is 11.0 Å². The number of H-pyrrole nitrogens is 1. The number of halogens is 1. The van der Waals surface area contributed by atoms with Crippen LogP contribution in [0.2, 0.25) is 5.02 Å². The first-order valence-corrected chi connectivity index (χ1v) is 5.70. The van der Waals surface area contributed by atoms with Crippen LogP contribution >= 0.6 is 11.6 Å². The number of aryl methyl sites for hydroxylation is 1. The van der Waals surface area contributed by atoms with Crippen LogP contribution in [0, 0.1) is 0 Å². The van der Waals surface area contributed by atoms with Gasteiger partial charge >= 0.3 is 0 Å². The lowest BCUT2D eigenvalue weighted by Crippen LogP contribution is -1.98. The Hall–Kier alpha value is -1.81. The molecule has 0 aliphatic heterocycles. The lowest BCUT2D eigenvalue weighted by Gasteiger charge is -2.00. The topological polar surface area (TPSA) is 46.5 Å². The number of nitrogens with one attached hydrogen (secondary N) is 1. The maximum atomic E-state index is 5.97. The molecule has 0 aliphatic rings. The number of hydrogen-bond acceptors (Lipinski definition) is 2. The third-order valence-electron chi connectivity index (χ3n) is 2.88. The zero-order valence-electron chi connectivity index (χ0n) is 9.31. The first kappa shape index (κ1) is 10.4. The highest BCUT2D eigenvalue weighted by atomic mass is 35.5. The van der Waals surface area contributed by atoms with E-state index in [0.717, 1.165) is 23.1 Å². The van der Waals surface area contributed by atoms with Gasteiger partial charge in [-0.25, -0.2) is 4.98 Å². The summed E-state index contributed by atoms with van der Waals surface area (Å²) in [4.78, 5) is 7.39. The highest BCUT2D eigenvalue weighted by molar-refractivity contribution is 6.31. The molecule has 3 aromatic rings. The molecule has 0 aromatic carbocycles. The Balaban J connectivity index is 2.06. The first-order chi connectivity index (χ1) is 8.24. The SMILES string of the molecule is Cn1nccc1Cc1c[nH]c2ncc(Cl)cc12. The van der Waals surface area contributed by atoms with E-state index >= 15 is 0 Å². The summed E-state index contributed by atoms with van der Waals surface area (Å²) < 4.78 is 1.87. The van der Waals surface area contributed by atoms with Crippen molar-refractivity contribution in [1.29, 1.82) is 0 Å². The third-order valence-corrected chi connectivity index (χ3v) is 3.08. The molecule has 0 aliphatic carbocycles. The molecular weight excluding hydrogens is 236 g/mol. The van der Waals surface area contributed by atoms with Crippen LogP contribution in [0.15, 0.2) is 30.7 Å². The van der Waals surface area contributed by atoms with Gasteiger partial charge in [-0.15, -0.1) is 0 Å². The Labute approximate surface area is 103 Å². The van der Waals surface area contributed by atoms with Crippen LogP contribution in [-0.2, 0) is 13.5 Å². The minimum absolute atomic E-state index is 0.656. The number of rotatable bonds is 2. The third kappa shape index (κ3) is 1.80. The van der Waals surface area contributed by atoms with Crippen molar-refractivity contribution in [3.63, 3.8) is 0 Å². The monoisotopic (exact) mass is 246 g/mol. The van der Waals surface area contributed by atoms with E-state index in [1.54, 1.807) is 12.4 Å². The molecule has 3 rings (SSSR count). The van der Waals surface area contributed by atoms with E-state index in [-0.39, 0.29) is 0 Å². The van der Waals surface area contributed by atoms with Gasteiger partial charge in [-0.1, -0.05) is 11.6 Å². The highest BCUT2D eigenvalue weighted by Crippen LogP contribution is 2.22. The lowest BCUT2D eigenvalue weighted by atomic mass is 10.1. The molecule has 5 heteroatoms. The summed E-state index contributed by atoms with van der Waals surface area (Å²) in [5.74, 6) is 0. The molecule has 0 saturated carbocycles. The van der Waals surface area contributed by atoms with Crippen molar-refractivity contribution < 1.29 is 0 Å². The average molecular weight is 247 g/mol. The van der Waals surface area contributed by atoms with Crippen LogP contribution in [0.4, 0.5) is 0 Å². The molecule has 0 atom stereocenters. The summed E-state index contributed by atoms with van der Waals surface area (Å²) in [6.07, 6.45) is 6.24. The summed E-state index contributed by atoms with van der Waals surface area (Å²) in [5, 5.41) is 5.88. The molecule has 3 aromatic heterocycles. The number of nitrogens with zero attached hydrogens (tertiary/aromatic N) is 3. The Morgan fingerprint density at radius 1 is 1.47 bits per heavy atom. The molecule has 86 valence electrons. The molecular formula is C12H11ClN4. The summed E-state index contributed by atoms with van der Waals surface area (Å²) in [7, 11) is 1.94. The van der Waals surface area contributed by atoms with Gasteiger partial charge in [0.25, 0.3) is 0 Å². The standard InChI is InChI=1S/C12H11ClN4/c1-17-10(2-3-16-17)4-8-6-14-12-11(8)5-9(13)7-15-12/h2-3,5-7H,4H2,1H3,(H,14,15). The van der Waals surface area contributed by atoms with Gasteiger partial charge in [0.1, 0.15) is 5.65 Å². The maximum Gasteiger partial charge on any atom is 0.137 e. The van der Waals surface area contributed by atoms with Crippen LogP contribution in [0.3, 0.4) is 0 Å². The normalized spacial score (nSPS) is 11.2. The van der Waals surface area contributed by atoms with Crippen molar-refractivity contribution in [3.8, 4) is 0 Å². The van der Waals surface area contributed by atoms with Crippen LogP contribution in [-0.4, -0.2) is 19.7 Å². The predicted molar refractivity (Wildman–Crippen MR) is 67.1 cm³/mol. The molecule has 0 amide bonds. The van der Waals surface area contributed by atoms with Crippen molar-refractivity contribution in [3.05, 3.63) is 47.0 Å². The predicted octanol–water partition coefficient (Wildman–Crippen LogP) is 2.54. The maximum absolute atomic E-state index is 5.97. The van der Waals surface area contributed by atoms with Gasteiger partial charge in [-0.2, -0.15) is 5.10 Å². The molecule has 3 heterocycles. The molecule has 0 fully saturated rings. The second kappa shape index (κ2) is 3.89. The minimum atomic E-state index is 0.656. The van der Waals surface area contributed by atoms with Crippen LogP contribution < -0.4 is 0 Å². The zero-order valence-corrected chi connectivity index (χ0v) is 10.1. The van der Waals surface area contributed by atoms with Gasteiger partial charge in [0.2, 0.25) is 0 Å². The fourth-order valence-electron chi connectivity index (χ4n) is 1.95. The summed E-state index contributed by atoms with van der Waals surface area (Å²) in [5.41, 5.74) is 3.20. The molecule has 17 heavy (non-hydrogen) atoms. The average Bonchev–Trinajstić information content (AvgIpc) is 2.88. The van der Waals surface area contributed by atoms with Gasteiger partial charge in [-0.05, 0) is 17.7 Å². The van der Waals surface area contributed by atoms with E-state index in [1.807, 2.05) is 30.1 Å². The molecule has 0 spiro atoms. The quantitative estimate of drug-likeness (QED) is 0.755. The van der Waals surface area contributed by atoms with Gasteiger partial charge in [0, 0.05) is 43.1 Å². The number of aromatic nitrogens is 4. The van der Waals surface area contributed by atoms with Crippen molar-refractivity contribution >= 4 is 22.6 Å². The van der Waals surface area contributed by atoms with E-state index in [9.17, 15) is 0 Å². The Bertz CT molecular complexity index is 668. The Morgan fingerprint density at radius 3 is 3.12 bits per heavy atom. The molecule has 0 radical (unpaired) electrons. The summed E-state index contributed by atoms with van der Waals surface area (Å²) in [6.45, 7) is 0.